The first-order chi connectivity index (χ1) is 18.0. The van der Waals surface area contributed by atoms with Crippen molar-refractivity contribution in [1.29, 1.82) is 0 Å². The van der Waals surface area contributed by atoms with Crippen LogP contribution in [0.4, 0.5) is 0 Å². The van der Waals surface area contributed by atoms with Crippen LogP contribution >= 0.6 is 0 Å². The lowest BCUT2D eigenvalue weighted by molar-refractivity contribution is 0.158. The van der Waals surface area contributed by atoms with Crippen LogP contribution in [0.5, 0.6) is 5.75 Å². The Morgan fingerprint density at radius 3 is 2.51 bits per heavy atom. The van der Waals surface area contributed by atoms with E-state index in [4.69, 9.17) is 4.74 Å². The van der Waals surface area contributed by atoms with Crippen molar-refractivity contribution in [3.8, 4) is 5.75 Å². The molecule has 2 heterocycles. The van der Waals surface area contributed by atoms with Gasteiger partial charge in [-0.15, -0.1) is 5.10 Å². The van der Waals surface area contributed by atoms with Crippen molar-refractivity contribution in [1.82, 2.24) is 30.1 Å². The molecule has 0 saturated heterocycles. The second kappa shape index (κ2) is 10.8. The standard InChI is InChI=1S/C29H36N6O2/c1-5-26(28-31-32-33-35(28)23-8-6-7-9-23)34(17-21-12-14-24(37-4)15-13-21)18-22-16-25-19(2)10-11-20(3)27(25)30-29(22)36/h10-16,23,26H,5-9,17-18H2,1-4H3,(H,30,36)/t26-/m1/s1. The third-order valence-corrected chi connectivity index (χ3v) is 7.75. The average Bonchev–Trinajstić information content (AvgIpc) is 3.60. The highest BCUT2D eigenvalue weighted by Crippen LogP contribution is 2.34. The molecule has 0 aliphatic heterocycles. The Morgan fingerprint density at radius 1 is 1.08 bits per heavy atom. The van der Waals surface area contributed by atoms with Gasteiger partial charge >= 0.3 is 0 Å². The zero-order valence-corrected chi connectivity index (χ0v) is 22.2. The summed E-state index contributed by atoms with van der Waals surface area (Å²) in [6, 6.07) is 14.6. The van der Waals surface area contributed by atoms with Gasteiger partial charge in [0, 0.05) is 24.0 Å². The number of nitrogens with one attached hydrogen (secondary N) is 1. The summed E-state index contributed by atoms with van der Waals surface area (Å²) in [5.74, 6) is 1.71. The number of hydrogen-bond acceptors (Lipinski definition) is 6. The van der Waals surface area contributed by atoms with Crippen LogP contribution in [0.25, 0.3) is 10.9 Å². The van der Waals surface area contributed by atoms with Crippen LogP contribution in [-0.4, -0.2) is 37.2 Å². The topological polar surface area (TPSA) is 88.9 Å². The maximum absolute atomic E-state index is 13.3. The van der Waals surface area contributed by atoms with Gasteiger partial charge < -0.3 is 9.72 Å². The van der Waals surface area contributed by atoms with E-state index in [9.17, 15) is 4.79 Å². The van der Waals surface area contributed by atoms with Crippen LogP contribution in [-0.2, 0) is 13.1 Å². The van der Waals surface area contributed by atoms with E-state index in [0.717, 1.165) is 64.0 Å². The number of rotatable bonds is 9. The Bertz CT molecular complexity index is 1420. The molecule has 0 spiro atoms. The fraction of sp³-hybridized carbons (Fsp3) is 0.448. The molecule has 0 unspecified atom stereocenters. The number of aromatic nitrogens is 5. The highest BCUT2D eigenvalue weighted by atomic mass is 16.5. The van der Waals surface area contributed by atoms with Crippen molar-refractivity contribution < 1.29 is 4.74 Å². The van der Waals surface area contributed by atoms with Gasteiger partial charge in [0.15, 0.2) is 5.82 Å². The van der Waals surface area contributed by atoms with Gasteiger partial charge in [0.05, 0.1) is 24.7 Å². The Labute approximate surface area is 217 Å². The fourth-order valence-corrected chi connectivity index (χ4v) is 5.63. The summed E-state index contributed by atoms with van der Waals surface area (Å²) in [5.41, 5.74) is 4.97. The molecule has 4 aromatic rings. The second-order valence-corrected chi connectivity index (χ2v) is 10.2. The number of nitrogens with zero attached hydrogens (tertiary/aromatic N) is 5. The smallest absolute Gasteiger partial charge is 0.252 e. The number of aromatic amines is 1. The third-order valence-electron chi connectivity index (χ3n) is 7.75. The summed E-state index contributed by atoms with van der Waals surface area (Å²) in [5, 5.41) is 14.1. The molecule has 1 aliphatic carbocycles. The summed E-state index contributed by atoms with van der Waals surface area (Å²) in [6.07, 6.45) is 5.46. The first kappa shape index (κ1) is 25.1. The Balaban J connectivity index is 1.55. The van der Waals surface area contributed by atoms with Gasteiger partial charge in [-0.25, -0.2) is 4.68 Å². The van der Waals surface area contributed by atoms with Crippen LogP contribution in [0.2, 0.25) is 0 Å². The second-order valence-electron chi connectivity index (χ2n) is 10.2. The summed E-state index contributed by atoms with van der Waals surface area (Å²) >= 11 is 0. The van der Waals surface area contributed by atoms with Gasteiger partial charge in [-0.1, -0.05) is 44.0 Å². The maximum atomic E-state index is 13.3. The monoisotopic (exact) mass is 500 g/mol. The predicted molar refractivity (Wildman–Crippen MR) is 145 cm³/mol. The van der Waals surface area contributed by atoms with Crippen LogP contribution in [0, 0.1) is 13.8 Å². The number of hydrogen-bond donors (Lipinski definition) is 1. The van der Waals surface area contributed by atoms with Crippen molar-refractivity contribution in [2.75, 3.05) is 7.11 Å². The highest BCUT2D eigenvalue weighted by Gasteiger charge is 2.29. The molecular weight excluding hydrogens is 464 g/mol. The minimum atomic E-state index is -0.0498. The molecule has 1 saturated carbocycles. The lowest BCUT2D eigenvalue weighted by Crippen LogP contribution is -2.32. The number of benzene rings is 2. The van der Waals surface area contributed by atoms with Crippen LogP contribution < -0.4 is 10.3 Å². The normalized spacial score (nSPS) is 15.1. The van der Waals surface area contributed by atoms with Gasteiger partial charge in [-0.2, -0.15) is 0 Å². The molecule has 0 amide bonds. The number of H-pyrrole nitrogens is 1. The van der Waals surface area contributed by atoms with E-state index in [0.29, 0.717) is 19.1 Å². The number of methoxy groups -OCH3 is 1. The Kier molecular flexibility index (Phi) is 7.37. The summed E-state index contributed by atoms with van der Waals surface area (Å²) in [6.45, 7) is 7.43. The van der Waals surface area contributed by atoms with Gasteiger partial charge in [0.25, 0.3) is 5.56 Å². The molecule has 0 radical (unpaired) electrons. The van der Waals surface area contributed by atoms with Gasteiger partial charge in [-0.05, 0) is 78.4 Å². The first-order valence-corrected chi connectivity index (χ1v) is 13.2. The first-order valence-electron chi connectivity index (χ1n) is 13.2. The minimum Gasteiger partial charge on any atom is -0.497 e. The molecule has 37 heavy (non-hydrogen) atoms. The van der Waals surface area contributed by atoms with E-state index in [1.807, 2.05) is 23.7 Å². The molecule has 2 aromatic carbocycles. The molecule has 8 nitrogen and oxygen atoms in total. The molecule has 1 aliphatic rings. The largest absolute Gasteiger partial charge is 0.497 e. The number of pyridine rings is 1. The zero-order valence-electron chi connectivity index (χ0n) is 22.2. The SMILES string of the molecule is CC[C@H](c1nnnn1C1CCCC1)N(Cc1ccc(OC)cc1)Cc1cc2c(C)ccc(C)c2[nH]c1=O. The number of aryl methyl sites for hydroxylation is 2. The van der Waals surface area contributed by atoms with E-state index in [2.05, 4.69) is 69.6 Å². The molecule has 1 N–H and O–H groups in total. The molecule has 2 aromatic heterocycles. The van der Waals surface area contributed by atoms with Crippen molar-refractivity contribution in [3.63, 3.8) is 0 Å². The van der Waals surface area contributed by atoms with Crippen LogP contribution in [0.3, 0.4) is 0 Å². The van der Waals surface area contributed by atoms with E-state index < -0.39 is 0 Å². The molecule has 1 fully saturated rings. The molecule has 194 valence electrons. The summed E-state index contributed by atoms with van der Waals surface area (Å²) in [7, 11) is 1.67. The Hall–Kier alpha value is -3.52. The summed E-state index contributed by atoms with van der Waals surface area (Å²) < 4.78 is 7.40. The predicted octanol–water partition coefficient (Wildman–Crippen LogP) is 5.41. The van der Waals surface area contributed by atoms with Gasteiger partial charge in [-0.3, -0.25) is 9.69 Å². The quantitative estimate of drug-likeness (QED) is 0.331. The van der Waals surface area contributed by atoms with Gasteiger partial charge in [0.2, 0.25) is 0 Å². The molecule has 8 heteroatoms. The maximum Gasteiger partial charge on any atom is 0.252 e. The van der Waals surface area contributed by atoms with Crippen molar-refractivity contribution in [2.45, 2.75) is 78.0 Å². The summed E-state index contributed by atoms with van der Waals surface area (Å²) in [4.78, 5) is 18.8. The van der Waals surface area contributed by atoms with Crippen LogP contribution in [0.15, 0.2) is 47.3 Å². The molecule has 1 atom stereocenters. The molecular formula is C29H36N6O2. The average molecular weight is 501 g/mol. The van der Waals surface area contributed by atoms with E-state index in [1.165, 1.54) is 12.8 Å². The van der Waals surface area contributed by atoms with Crippen molar-refractivity contribution in [2.24, 2.45) is 0 Å². The molecule has 5 rings (SSSR count). The highest BCUT2D eigenvalue weighted by molar-refractivity contribution is 5.85. The third kappa shape index (κ3) is 5.16. The fourth-order valence-electron chi connectivity index (χ4n) is 5.63. The zero-order chi connectivity index (χ0) is 25.9. The van der Waals surface area contributed by atoms with E-state index >= 15 is 0 Å². The van der Waals surface area contributed by atoms with Gasteiger partial charge in [0.1, 0.15) is 5.75 Å². The lowest BCUT2D eigenvalue weighted by atomic mass is 10.0. The number of fused-ring (bicyclic) bond motifs is 1. The van der Waals surface area contributed by atoms with Crippen LogP contribution in [0.1, 0.15) is 79.2 Å². The number of tetrazole rings is 1. The minimum absolute atomic E-state index is 0.0357. The van der Waals surface area contributed by atoms with E-state index in [1.54, 1.807) is 7.11 Å². The molecule has 0 bridgehead atoms. The Morgan fingerprint density at radius 2 is 1.81 bits per heavy atom. The van der Waals surface area contributed by atoms with E-state index in [-0.39, 0.29) is 11.6 Å². The van der Waals surface area contributed by atoms with Crippen molar-refractivity contribution in [3.05, 3.63) is 80.9 Å². The number of ether oxygens (including phenoxy) is 1. The lowest BCUT2D eigenvalue weighted by Gasteiger charge is -2.31. The van der Waals surface area contributed by atoms with Crippen molar-refractivity contribution >= 4 is 10.9 Å².